The standard InChI is InChI=1S/C12H14BN3O3/c1-8(9-2-4-15-5-3-9)19-11-6-10(13(17)18)7-16-12(11)14/h2-8,17-18H,1H3,(H2,14,16). The molecule has 0 saturated carbocycles. The summed E-state index contributed by atoms with van der Waals surface area (Å²) in [5.41, 5.74) is 6.87. The highest BCUT2D eigenvalue weighted by atomic mass is 16.5. The Labute approximate surface area is 111 Å². The number of hydrogen-bond donors (Lipinski definition) is 3. The van der Waals surface area contributed by atoms with E-state index >= 15 is 0 Å². The number of ether oxygens (including phenoxy) is 1. The van der Waals surface area contributed by atoms with E-state index < -0.39 is 7.12 Å². The lowest BCUT2D eigenvalue weighted by Crippen LogP contribution is -2.30. The third kappa shape index (κ3) is 3.21. The lowest BCUT2D eigenvalue weighted by atomic mass is 9.81. The maximum atomic E-state index is 9.10. The molecule has 0 amide bonds. The molecule has 0 aliphatic heterocycles. The molecule has 2 aromatic heterocycles. The van der Waals surface area contributed by atoms with Gasteiger partial charge in [-0.25, -0.2) is 4.98 Å². The van der Waals surface area contributed by atoms with Gasteiger partial charge >= 0.3 is 7.12 Å². The maximum Gasteiger partial charge on any atom is 0.490 e. The summed E-state index contributed by atoms with van der Waals surface area (Å²) in [5, 5.41) is 18.2. The first kappa shape index (κ1) is 13.3. The second kappa shape index (κ2) is 5.68. The van der Waals surface area contributed by atoms with Crippen LogP contribution in [-0.2, 0) is 0 Å². The summed E-state index contributed by atoms with van der Waals surface area (Å²) in [4.78, 5) is 7.80. The predicted molar refractivity (Wildman–Crippen MR) is 71.8 cm³/mol. The van der Waals surface area contributed by atoms with E-state index in [0.717, 1.165) is 5.56 Å². The molecule has 4 N–H and O–H groups in total. The summed E-state index contributed by atoms with van der Waals surface area (Å²) < 4.78 is 5.68. The molecular weight excluding hydrogens is 245 g/mol. The van der Waals surface area contributed by atoms with Gasteiger partial charge in [0.1, 0.15) is 6.10 Å². The molecule has 0 fully saturated rings. The van der Waals surface area contributed by atoms with E-state index in [0.29, 0.717) is 5.75 Å². The van der Waals surface area contributed by atoms with E-state index in [1.807, 2.05) is 19.1 Å². The van der Waals surface area contributed by atoms with Gasteiger partial charge in [-0.3, -0.25) is 4.98 Å². The Morgan fingerprint density at radius 3 is 2.63 bits per heavy atom. The normalized spacial score (nSPS) is 11.9. The van der Waals surface area contributed by atoms with Crippen molar-refractivity contribution in [1.82, 2.24) is 9.97 Å². The number of nitrogens with two attached hydrogens (primary N) is 1. The molecule has 6 nitrogen and oxygen atoms in total. The zero-order valence-electron chi connectivity index (χ0n) is 10.4. The Balaban J connectivity index is 2.21. The number of pyridine rings is 2. The van der Waals surface area contributed by atoms with E-state index in [1.165, 1.54) is 12.3 Å². The Morgan fingerprint density at radius 2 is 2.00 bits per heavy atom. The quantitative estimate of drug-likeness (QED) is 0.661. The smallest absolute Gasteiger partial charge is 0.482 e. The number of hydrogen-bond acceptors (Lipinski definition) is 6. The molecule has 0 radical (unpaired) electrons. The fourth-order valence-electron chi connectivity index (χ4n) is 1.60. The van der Waals surface area contributed by atoms with Crippen LogP contribution in [-0.4, -0.2) is 27.1 Å². The Morgan fingerprint density at radius 1 is 1.32 bits per heavy atom. The maximum absolute atomic E-state index is 9.10. The van der Waals surface area contributed by atoms with E-state index in [9.17, 15) is 0 Å². The average Bonchev–Trinajstić information content (AvgIpc) is 2.42. The molecule has 2 aromatic rings. The van der Waals surface area contributed by atoms with Gasteiger partial charge in [-0.1, -0.05) is 0 Å². The third-order valence-corrected chi connectivity index (χ3v) is 2.68. The van der Waals surface area contributed by atoms with E-state index in [-0.39, 0.29) is 17.4 Å². The number of anilines is 1. The Hall–Kier alpha value is -2.12. The lowest BCUT2D eigenvalue weighted by molar-refractivity contribution is 0.227. The largest absolute Gasteiger partial charge is 0.490 e. The van der Waals surface area contributed by atoms with Gasteiger partial charge < -0.3 is 20.5 Å². The van der Waals surface area contributed by atoms with E-state index in [1.54, 1.807) is 12.4 Å². The predicted octanol–water partition coefficient (Wildman–Crippen LogP) is -0.121. The van der Waals surface area contributed by atoms with Gasteiger partial charge in [0, 0.05) is 24.1 Å². The minimum Gasteiger partial charge on any atom is -0.482 e. The molecule has 0 aliphatic carbocycles. The first-order valence-electron chi connectivity index (χ1n) is 5.76. The zero-order valence-corrected chi connectivity index (χ0v) is 10.4. The van der Waals surface area contributed by atoms with Crippen LogP contribution in [0.4, 0.5) is 5.82 Å². The molecule has 2 heterocycles. The van der Waals surface area contributed by atoms with Crippen LogP contribution in [0.5, 0.6) is 5.75 Å². The third-order valence-electron chi connectivity index (χ3n) is 2.68. The molecule has 19 heavy (non-hydrogen) atoms. The van der Waals surface area contributed by atoms with Crippen molar-refractivity contribution in [3.05, 3.63) is 42.4 Å². The molecule has 2 rings (SSSR count). The molecule has 0 saturated heterocycles. The minimum atomic E-state index is -1.60. The minimum absolute atomic E-state index is 0.199. The molecule has 98 valence electrons. The van der Waals surface area contributed by atoms with E-state index in [2.05, 4.69) is 9.97 Å². The summed E-state index contributed by atoms with van der Waals surface area (Å²) in [5.74, 6) is 0.514. The molecule has 1 atom stereocenters. The van der Waals surface area contributed by atoms with Gasteiger partial charge in [0.2, 0.25) is 0 Å². The first-order chi connectivity index (χ1) is 9.08. The molecule has 0 spiro atoms. The zero-order chi connectivity index (χ0) is 13.8. The lowest BCUT2D eigenvalue weighted by Gasteiger charge is -2.16. The fraction of sp³-hybridized carbons (Fsp3) is 0.167. The number of nitrogens with zero attached hydrogens (tertiary/aromatic N) is 2. The van der Waals surface area contributed by atoms with Gasteiger partial charge in [0.25, 0.3) is 0 Å². The molecule has 0 aliphatic rings. The summed E-state index contributed by atoms with van der Waals surface area (Å²) >= 11 is 0. The van der Waals surface area contributed by atoms with Crippen molar-refractivity contribution in [2.75, 3.05) is 5.73 Å². The van der Waals surface area contributed by atoms with Crippen molar-refractivity contribution in [3.63, 3.8) is 0 Å². The average molecular weight is 259 g/mol. The van der Waals surface area contributed by atoms with Crippen LogP contribution >= 0.6 is 0 Å². The van der Waals surface area contributed by atoms with Crippen LogP contribution < -0.4 is 15.9 Å². The van der Waals surface area contributed by atoms with Gasteiger partial charge in [0.05, 0.1) is 0 Å². The van der Waals surface area contributed by atoms with Crippen LogP contribution in [0.25, 0.3) is 0 Å². The highest BCUT2D eigenvalue weighted by Crippen LogP contribution is 2.24. The van der Waals surface area contributed by atoms with Crippen molar-refractivity contribution >= 4 is 18.4 Å². The summed E-state index contributed by atoms with van der Waals surface area (Å²) in [6.45, 7) is 1.86. The first-order valence-corrected chi connectivity index (χ1v) is 5.76. The highest BCUT2D eigenvalue weighted by molar-refractivity contribution is 6.58. The van der Waals surface area contributed by atoms with Crippen molar-refractivity contribution in [2.24, 2.45) is 0 Å². The number of nitrogen functional groups attached to an aromatic ring is 1. The topological polar surface area (TPSA) is 101 Å². The highest BCUT2D eigenvalue weighted by Gasteiger charge is 2.16. The van der Waals surface area contributed by atoms with Gasteiger partial charge in [0.15, 0.2) is 11.6 Å². The second-order valence-electron chi connectivity index (χ2n) is 4.07. The molecule has 0 bridgehead atoms. The van der Waals surface area contributed by atoms with Crippen molar-refractivity contribution in [2.45, 2.75) is 13.0 Å². The van der Waals surface area contributed by atoms with Crippen LogP contribution in [0.2, 0.25) is 0 Å². The van der Waals surface area contributed by atoms with Crippen molar-refractivity contribution < 1.29 is 14.8 Å². The monoisotopic (exact) mass is 259 g/mol. The van der Waals surface area contributed by atoms with Crippen LogP contribution in [0.1, 0.15) is 18.6 Å². The van der Waals surface area contributed by atoms with Gasteiger partial charge in [-0.2, -0.15) is 0 Å². The van der Waals surface area contributed by atoms with Crippen LogP contribution in [0.15, 0.2) is 36.8 Å². The summed E-state index contributed by atoms with van der Waals surface area (Å²) in [6, 6.07) is 5.13. The molecule has 1 unspecified atom stereocenters. The molecule has 7 heteroatoms. The number of aromatic nitrogens is 2. The molecular formula is C12H14BN3O3. The fourth-order valence-corrected chi connectivity index (χ4v) is 1.60. The van der Waals surface area contributed by atoms with Crippen molar-refractivity contribution in [3.8, 4) is 5.75 Å². The van der Waals surface area contributed by atoms with Crippen molar-refractivity contribution in [1.29, 1.82) is 0 Å². The van der Waals surface area contributed by atoms with Crippen LogP contribution in [0.3, 0.4) is 0 Å². The second-order valence-corrected chi connectivity index (χ2v) is 4.07. The molecule has 0 aromatic carbocycles. The number of rotatable bonds is 4. The SMILES string of the molecule is CC(Oc1cc(B(O)O)cnc1N)c1ccncc1. The van der Waals surface area contributed by atoms with Gasteiger partial charge in [-0.05, 0) is 30.7 Å². The Kier molecular flexibility index (Phi) is 3.98. The summed E-state index contributed by atoms with van der Waals surface area (Å²) in [7, 11) is -1.60. The summed E-state index contributed by atoms with van der Waals surface area (Å²) in [6.07, 6.45) is 4.39. The van der Waals surface area contributed by atoms with E-state index in [4.69, 9.17) is 20.5 Å². The van der Waals surface area contributed by atoms with Gasteiger partial charge in [-0.15, -0.1) is 0 Å². The van der Waals surface area contributed by atoms with Crippen LogP contribution in [0, 0.1) is 0 Å². The Bertz CT molecular complexity index is 551.